The van der Waals surface area contributed by atoms with Crippen LogP contribution in [0.1, 0.15) is 111 Å². The van der Waals surface area contributed by atoms with Crippen LogP contribution in [0, 0.1) is 57.2 Å². The van der Waals surface area contributed by atoms with Crippen molar-refractivity contribution in [2.75, 3.05) is 13.2 Å². The fourth-order valence-corrected chi connectivity index (χ4v) is 12.3. The Morgan fingerprint density at radius 2 is 1.59 bits per heavy atom. The van der Waals surface area contributed by atoms with Crippen molar-refractivity contribution in [1.29, 1.82) is 0 Å². The molecule has 1 aromatic carbocycles. The van der Waals surface area contributed by atoms with E-state index in [0.29, 0.717) is 34.6 Å². The topological polar surface area (TPSA) is 52.5 Å². The van der Waals surface area contributed by atoms with Gasteiger partial charge in [-0.25, -0.2) is 0 Å². The van der Waals surface area contributed by atoms with E-state index in [9.17, 15) is 10.2 Å². The number of allylic oxidation sites excluding steroid dienone is 1. The van der Waals surface area contributed by atoms with Gasteiger partial charge in [0.05, 0.1) is 0 Å². The Labute approximate surface area is 252 Å². The summed E-state index contributed by atoms with van der Waals surface area (Å²) in [4.78, 5) is 0. The van der Waals surface area contributed by atoms with Crippen LogP contribution in [0.3, 0.4) is 0 Å². The predicted octanol–water partition coefficient (Wildman–Crippen LogP) is 8.79. The van der Waals surface area contributed by atoms with E-state index in [4.69, 9.17) is 0 Å². The van der Waals surface area contributed by atoms with Gasteiger partial charge >= 0.3 is 0 Å². The van der Waals surface area contributed by atoms with E-state index < -0.39 is 0 Å². The maximum absolute atomic E-state index is 10.6. The highest BCUT2D eigenvalue weighted by Gasteiger charge is 2.69. The van der Waals surface area contributed by atoms with Crippen molar-refractivity contribution in [3.63, 3.8) is 0 Å². The zero-order chi connectivity index (χ0) is 29.6. The van der Waals surface area contributed by atoms with E-state index >= 15 is 0 Å². The van der Waals surface area contributed by atoms with Gasteiger partial charge in [-0.15, -0.1) is 6.58 Å². The van der Waals surface area contributed by atoms with E-state index in [1.54, 1.807) is 6.08 Å². The van der Waals surface area contributed by atoms with Crippen molar-refractivity contribution in [2.24, 2.45) is 57.2 Å². The quantitative estimate of drug-likeness (QED) is 0.314. The molecule has 5 fully saturated rings. The molecule has 0 amide bonds. The number of aromatic hydroxyl groups is 1. The number of phenols is 1. The molecule has 230 valence electrons. The monoisotopic (exact) mass is 563 g/mol. The largest absolute Gasteiger partial charge is 0.508 e. The van der Waals surface area contributed by atoms with Crippen molar-refractivity contribution in [3.8, 4) is 5.75 Å². The fourth-order valence-electron chi connectivity index (χ4n) is 12.3. The first kappa shape index (κ1) is 31.1. The van der Waals surface area contributed by atoms with E-state index in [1.165, 1.54) is 69.8 Å². The number of phenolic OH excluding ortho intramolecular Hbond substituents is 1. The highest BCUT2D eigenvalue weighted by molar-refractivity contribution is 5.26. The number of rotatable bonds is 5. The first-order valence-corrected chi connectivity index (χ1v) is 17.2. The fraction of sp³-hybridized carbons (Fsp3) is 0.789. The maximum atomic E-state index is 10.6. The van der Waals surface area contributed by atoms with Crippen LogP contribution >= 0.6 is 0 Å². The van der Waals surface area contributed by atoms with Crippen molar-refractivity contribution < 1.29 is 10.2 Å². The predicted molar refractivity (Wildman–Crippen MR) is 172 cm³/mol. The lowest BCUT2D eigenvalue weighted by atomic mass is 9.33. The van der Waals surface area contributed by atoms with Gasteiger partial charge in [-0.3, -0.25) is 0 Å². The van der Waals surface area contributed by atoms with Crippen LogP contribution < -0.4 is 5.32 Å². The average Bonchev–Trinajstić information content (AvgIpc) is 3.29. The Hall–Kier alpha value is -1.32. The molecule has 41 heavy (non-hydrogen) atoms. The van der Waals surface area contributed by atoms with Crippen LogP contribution in [-0.2, 0) is 6.42 Å². The molecule has 0 heterocycles. The Bertz CT molecular complexity index is 1050. The van der Waals surface area contributed by atoms with Crippen molar-refractivity contribution >= 4 is 0 Å². The summed E-state index contributed by atoms with van der Waals surface area (Å²) in [5.74, 6) is 5.07. The van der Waals surface area contributed by atoms with Gasteiger partial charge < -0.3 is 15.5 Å². The van der Waals surface area contributed by atoms with Crippen LogP contribution in [0.25, 0.3) is 0 Å². The Balaban J connectivity index is 0.00000108. The minimum Gasteiger partial charge on any atom is -0.508 e. The van der Waals surface area contributed by atoms with Crippen LogP contribution in [0.5, 0.6) is 5.75 Å². The molecule has 3 nitrogen and oxygen atoms in total. The number of aliphatic hydroxyl groups is 1. The standard InChI is InChI=1S/C35H55NO2.C3H6/c1-23-12-18-35(22-37)20-19-33(4)28(31(23)35)10-11-30-32(3)16-14-29(24(2)27(32)13-17-34(30,33)5)36-21-15-25-6-8-26(38)9-7-25;1-3-2/h6-9,23-24,27-31,36-38H,10-22H2,1-5H3;3H,1H2,2H3/t23?,24?,27?,28?,29?,30?,31-,32?,33-,34?,35?;/m1./s1. The molecule has 0 bridgehead atoms. The van der Waals surface area contributed by atoms with Gasteiger partial charge in [0.2, 0.25) is 0 Å². The van der Waals surface area contributed by atoms with Gasteiger partial charge in [0, 0.05) is 12.6 Å². The second-order valence-electron chi connectivity index (χ2n) is 16.1. The first-order chi connectivity index (χ1) is 19.5. The second kappa shape index (κ2) is 11.6. The summed E-state index contributed by atoms with van der Waals surface area (Å²) in [6.45, 7) is 19.9. The number of aliphatic hydroxyl groups excluding tert-OH is 1. The van der Waals surface area contributed by atoms with Gasteiger partial charge in [-0.1, -0.05) is 52.8 Å². The van der Waals surface area contributed by atoms with Gasteiger partial charge in [0.15, 0.2) is 0 Å². The lowest BCUT2D eigenvalue weighted by Crippen LogP contribution is -2.66. The van der Waals surface area contributed by atoms with Crippen molar-refractivity contribution in [2.45, 2.75) is 118 Å². The molecule has 0 spiro atoms. The van der Waals surface area contributed by atoms with E-state index in [1.807, 2.05) is 19.1 Å². The maximum Gasteiger partial charge on any atom is 0.115 e. The van der Waals surface area contributed by atoms with Crippen molar-refractivity contribution in [1.82, 2.24) is 5.32 Å². The van der Waals surface area contributed by atoms with Crippen molar-refractivity contribution in [3.05, 3.63) is 42.5 Å². The van der Waals surface area contributed by atoms with Crippen LogP contribution in [-0.4, -0.2) is 29.4 Å². The van der Waals surface area contributed by atoms with Gasteiger partial charge in [-0.05, 0) is 159 Å². The molecule has 0 radical (unpaired) electrons. The number of nitrogens with one attached hydrogen (secondary N) is 1. The third kappa shape index (κ3) is 4.94. The summed E-state index contributed by atoms with van der Waals surface area (Å²) in [7, 11) is 0. The van der Waals surface area contributed by atoms with Crippen LogP contribution in [0.2, 0.25) is 0 Å². The molecule has 5 aliphatic carbocycles. The van der Waals surface area contributed by atoms with E-state index in [0.717, 1.165) is 48.5 Å². The average molecular weight is 564 g/mol. The molecule has 9 unspecified atom stereocenters. The molecule has 5 saturated carbocycles. The number of fused-ring (bicyclic) bond motifs is 7. The zero-order valence-electron chi connectivity index (χ0n) is 27.2. The Kier molecular flexibility index (Phi) is 8.84. The summed E-state index contributed by atoms with van der Waals surface area (Å²) in [6, 6.07) is 8.35. The lowest BCUT2D eigenvalue weighted by molar-refractivity contribution is -0.233. The van der Waals surface area contributed by atoms with Gasteiger partial charge in [0.25, 0.3) is 0 Å². The minimum absolute atomic E-state index is 0.228. The second-order valence-corrected chi connectivity index (χ2v) is 16.1. The number of hydrogen-bond donors (Lipinski definition) is 3. The molecular weight excluding hydrogens is 502 g/mol. The molecule has 0 aromatic heterocycles. The molecule has 11 atom stereocenters. The third-order valence-electron chi connectivity index (χ3n) is 14.6. The first-order valence-electron chi connectivity index (χ1n) is 17.2. The minimum atomic E-state index is 0.228. The molecule has 5 aliphatic rings. The summed E-state index contributed by atoms with van der Waals surface area (Å²) in [5.41, 5.74) is 2.85. The highest BCUT2D eigenvalue weighted by atomic mass is 16.3. The molecule has 1 aromatic rings. The highest BCUT2D eigenvalue weighted by Crippen LogP contribution is 2.76. The Morgan fingerprint density at radius 1 is 0.878 bits per heavy atom. The summed E-state index contributed by atoms with van der Waals surface area (Å²) >= 11 is 0. The number of hydrogen-bond acceptors (Lipinski definition) is 3. The van der Waals surface area contributed by atoms with Crippen LogP contribution in [0.4, 0.5) is 0 Å². The molecule has 0 aliphatic heterocycles. The van der Waals surface area contributed by atoms with Gasteiger partial charge in [-0.2, -0.15) is 0 Å². The normalized spacial score (nSPS) is 46.7. The smallest absolute Gasteiger partial charge is 0.115 e. The lowest BCUT2D eigenvalue weighted by Gasteiger charge is -2.72. The molecular formula is C38H61NO2. The van der Waals surface area contributed by atoms with E-state index in [2.05, 4.69) is 58.6 Å². The summed E-state index contributed by atoms with van der Waals surface area (Å²) in [5, 5.41) is 24.2. The van der Waals surface area contributed by atoms with Gasteiger partial charge in [0.1, 0.15) is 5.75 Å². The zero-order valence-corrected chi connectivity index (χ0v) is 27.2. The van der Waals surface area contributed by atoms with Crippen LogP contribution in [0.15, 0.2) is 36.9 Å². The molecule has 6 rings (SSSR count). The molecule has 3 N–H and O–H groups in total. The number of benzene rings is 1. The SMILES string of the molecule is C=CC.CC1C(NCCc2ccc(O)cc2)CCC2(C)C1CCC1(C)C2CCC2[C@H]3C(C)CCC3(CO)CC[C@]21C. The summed E-state index contributed by atoms with van der Waals surface area (Å²) in [6.07, 6.45) is 16.3. The third-order valence-corrected chi connectivity index (χ3v) is 14.6. The van der Waals surface area contributed by atoms with E-state index in [-0.39, 0.29) is 5.41 Å². The Morgan fingerprint density at radius 3 is 2.27 bits per heavy atom. The summed E-state index contributed by atoms with van der Waals surface area (Å²) < 4.78 is 0. The molecule has 0 saturated heterocycles. The molecule has 3 heteroatoms.